The van der Waals surface area contributed by atoms with E-state index in [2.05, 4.69) is 39.6 Å². The van der Waals surface area contributed by atoms with Crippen LogP contribution < -0.4 is 4.74 Å². The molecule has 3 heteroatoms. The number of benzene rings is 1. The van der Waals surface area contributed by atoms with Crippen molar-refractivity contribution in [2.24, 2.45) is 0 Å². The number of hydrogen-bond donors (Lipinski definition) is 0. The minimum absolute atomic E-state index is 0.830. The Bertz CT molecular complexity index is 337. The van der Waals surface area contributed by atoms with Crippen LogP contribution in [0.2, 0.25) is 0 Å². The zero-order valence-corrected chi connectivity index (χ0v) is 12.4. The first-order valence-electron chi connectivity index (χ1n) is 6.45. The summed E-state index contributed by atoms with van der Waals surface area (Å²) in [5.74, 6) is 0.996. The summed E-state index contributed by atoms with van der Waals surface area (Å²) < 4.78 is 6.98. The third kappa shape index (κ3) is 4.84. The summed E-state index contributed by atoms with van der Waals surface area (Å²) in [5, 5.41) is 0. The maximum absolute atomic E-state index is 5.75. The Labute approximate surface area is 117 Å². The molecule has 0 spiro atoms. The Balaban J connectivity index is 1.62. The molecule has 0 bridgehead atoms. The predicted octanol–water partition coefficient (Wildman–Crippen LogP) is 3.55. The monoisotopic (exact) mass is 345 g/mol. The van der Waals surface area contributed by atoms with Gasteiger partial charge in [-0.15, -0.1) is 0 Å². The second-order valence-corrected chi connectivity index (χ2v) is 5.81. The molecule has 1 fully saturated rings. The zero-order valence-electron chi connectivity index (χ0n) is 10.2. The van der Waals surface area contributed by atoms with Crippen LogP contribution in [0.3, 0.4) is 0 Å². The molecule has 2 rings (SSSR count). The molecule has 0 amide bonds. The second-order valence-electron chi connectivity index (χ2n) is 4.56. The van der Waals surface area contributed by atoms with Crippen molar-refractivity contribution in [3.63, 3.8) is 0 Å². The number of likely N-dealkylation sites (tertiary alicyclic amines) is 1. The molecule has 0 aliphatic carbocycles. The van der Waals surface area contributed by atoms with Crippen molar-refractivity contribution in [3.05, 3.63) is 27.8 Å². The van der Waals surface area contributed by atoms with Gasteiger partial charge in [-0.1, -0.05) is 12.5 Å². The van der Waals surface area contributed by atoms with E-state index in [1.165, 1.54) is 42.5 Å². The molecule has 2 nitrogen and oxygen atoms in total. The molecule has 17 heavy (non-hydrogen) atoms. The van der Waals surface area contributed by atoms with Gasteiger partial charge >= 0.3 is 0 Å². The third-order valence-electron chi connectivity index (χ3n) is 3.13. The lowest BCUT2D eigenvalue weighted by atomic mass is 10.1. The van der Waals surface area contributed by atoms with E-state index in [9.17, 15) is 0 Å². The summed E-state index contributed by atoms with van der Waals surface area (Å²) in [6, 6.07) is 8.24. The highest BCUT2D eigenvalue weighted by Crippen LogP contribution is 2.15. The Hall–Kier alpha value is -0.290. The fourth-order valence-corrected chi connectivity index (χ4v) is 2.73. The van der Waals surface area contributed by atoms with Gasteiger partial charge in [-0.2, -0.15) is 0 Å². The van der Waals surface area contributed by atoms with E-state index in [1.807, 2.05) is 12.1 Å². The number of piperidine rings is 1. The lowest BCUT2D eigenvalue weighted by Crippen LogP contribution is -2.31. The first-order valence-corrected chi connectivity index (χ1v) is 7.53. The highest BCUT2D eigenvalue weighted by molar-refractivity contribution is 14.1. The first-order chi connectivity index (χ1) is 8.34. The number of nitrogens with zero attached hydrogens (tertiary/aromatic N) is 1. The summed E-state index contributed by atoms with van der Waals surface area (Å²) in [7, 11) is 0. The largest absolute Gasteiger partial charge is 0.494 e. The first kappa shape index (κ1) is 13.1. The fraction of sp³-hybridized carbons (Fsp3) is 0.571. The normalized spacial score (nSPS) is 17.0. The van der Waals surface area contributed by atoms with Gasteiger partial charge in [-0.05, 0) is 73.1 Å². The van der Waals surface area contributed by atoms with Crippen LogP contribution in [-0.4, -0.2) is 31.1 Å². The summed E-state index contributed by atoms with van der Waals surface area (Å²) in [6.07, 6.45) is 5.29. The quantitative estimate of drug-likeness (QED) is 0.598. The molecule has 1 heterocycles. The van der Waals surface area contributed by atoms with E-state index >= 15 is 0 Å². The van der Waals surface area contributed by atoms with E-state index in [4.69, 9.17) is 4.74 Å². The van der Waals surface area contributed by atoms with Crippen LogP contribution in [0, 0.1) is 3.57 Å². The van der Waals surface area contributed by atoms with Gasteiger partial charge in [0, 0.05) is 10.1 Å². The number of halogens is 1. The molecule has 1 saturated heterocycles. The highest BCUT2D eigenvalue weighted by Gasteiger charge is 2.08. The van der Waals surface area contributed by atoms with Crippen LogP contribution in [-0.2, 0) is 0 Å². The summed E-state index contributed by atoms with van der Waals surface area (Å²) in [6.45, 7) is 4.58. The van der Waals surface area contributed by atoms with Crippen molar-refractivity contribution in [2.75, 3.05) is 26.2 Å². The number of hydrogen-bond acceptors (Lipinski definition) is 2. The van der Waals surface area contributed by atoms with E-state index in [0.717, 1.165) is 18.8 Å². The molecule has 0 atom stereocenters. The molecule has 1 aromatic rings. The van der Waals surface area contributed by atoms with Gasteiger partial charge in [0.05, 0.1) is 6.61 Å². The lowest BCUT2D eigenvalue weighted by Gasteiger charge is -2.26. The summed E-state index contributed by atoms with van der Waals surface area (Å²) >= 11 is 2.31. The standard InChI is InChI=1S/C14H20INO/c15-13-6-4-7-14(12-13)17-11-5-10-16-8-2-1-3-9-16/h4,6-7,12H,1-3,5,8-11H2. The van der Waals surface area contributed by atoms with E-state index in [-0.39, 0.29) is 0 Å². The van der Waals surface area contributed by atoms with Crippen LogP contribution in [0.15, 0.2) is 24.3 Å². The van der Waals surface area contributed by atoms with Crippen molar-refractivity contribution < 1.29 is 4.74 Å². The highest BCUT2D eigenvalue weighted by atomic mass is 127. The van der Waals surface area contributed by atoms with Gasteiger partial charge in [0.25, 0.3) is 0 Å². The Morgan fingerprint density at radius 3 is 2.76 bits per heavy atom. The number of ether oxygens (including phenoxy) is 1. The van der Waals surface area contributed by atoms with E-state index in [1.54, 1.807) is 0 Å². The zero-order chi connectivity index (χ0) is 11.9. The van der Waals surface area contributed by atoms with Crippen LogP contribution in [0.4, 0.5) is 0 Å². The Kier molecular flexibility index (Phi) is 5.58. The summed E-state index contributed by atoms with van der Waals surface area (Å²) in [5.41, 5.74) is 0. The maximum atomic E-state index is 5.75. The van der Waals surface area contributed by atoms with Gasteiger partial charge in [0.15, 0.2) is 0 Å². The third-order valence-corrected chi connectivity index (χ3v) is 3.80. The summed E-state index contributed by atoms with van der Waals surface area (Å²) in [4.78, 5) is 2.56. The van der Waals surface area contributed by atoms with Gasteiger partial charge in [-0.3, -0.25) is 0 Å². The van der Waals surface area contributed by atoms with Crippen molar-refractivity contribution in [1.82, 2.24) is 4.90 Å². The van der Waals surface area contributed by atoms with Crippen LogP contribution in [0.5, 0.6) is 5.75 Å². The molecule has 0 saturated carbocycles. The van der Waals surface area contributed by atoms with Gasteiger partial charge in [-0.25, -0.2) is 0 Å². The molecule has 1 aromatic carbocycles. The van der Waals surface area contributed by atoms with Crippen molar-refractivity contribution in [3.8, 4) is 5.75 Å². The molecule has 1 aliphatic heterocycles. The average Bonchev–Trinajstić information content (AvgIpc) is 2.36. The molecule has 0 aromatic heterocycles. The molecule has 0 radical (unpaired) electrons. The fourth-order valence-electron chi connectivity index (χ4n) is 2.22. The van der Waals surface area contributed by atoms with Crippen molar-refractivity contribution >= 4 is 22.6 Å². The van der Waals surface area contributed by atoms with Crippen molar-refractivity contribution in [2.45, 2.75) is 25.7 Å². The van der Waals surface area contributed by atoms with E-state index < -0.39 is 0 Å². The maximum Gasteiger partial charge on any atom is 0.120 e. The second kappa shape index (κ2) is 7.21. The minimum Gasteiger partial charge on any atom is -0.494 e. The molecular weight excluding hydrogens is 325 g/mol. The molecular formula is C14H20INO. The molecule has 94 valence electrons. The lowest BCUT2D eigenvalue weighted by molar-refractivity contribution is 0.205. The minimum atomic E-state index is 0.830. The topological polar surface area (TPSA) is 12.5 Å². The van der Waals surface area contributed by atoms with Crippen molar-refractivity contribution in [1.29, 1.82) is 0 Å². The van der Waals surface area contributed by atoms with Gasteiger partial charge in [0.1, 0.15) is 5.75 Å². The number of rotatable bonds is 5. The predicted molar refractivity (Wildman–Crippen MR) is 79.6 cm³/mol. The van der Waals surface area contributed by atoms with Crippen LogP contribution in [0.1, 0.15) is 25.7 Å². The Morgan fingerprint density at radius 2 is 2.00 bits per heavy atom. The Morgan fingerprint density at radius 1 is 1.18 bits per heavy atom. The van der Waals surface area contributed by atoms with Gasteiger partial charge in [0.2, 0.25) is 0 Å². The van der Waals surface area contributed by atoms with Gasteiger partial charge < -0.3 is 9.64 Å². The molecule has 1 aliphatic rings. The molecule has 0 N–H and O–H groups in total. The van der Waals surface area contributed by atoms with Crippen LogP contribution >= 0.6 is 22.6 Å². The SMILES string of the molecule is Ic1cccc(OCCCN2CCCCC2)c1. The smallest absolute Gasteiger partial charge is 0.120 e. The average molecular weight is 345 g/mol. The van der Waals surface area contributed by atoms with Crippen LogP contribution in [0.25, 0.3) is 0 Å². The molecule has 0 unspecified atom stereocenters. The van der Waals surface area contributed by atoms with E-state index in [0.29, 0.717) is 0 Å².